The largest absolute Gasteiger partial charge is 0.309 e. The molecule has 0 atom stereocenters. The third-order valence-corrected chi connectivity index (χ3v) is 13.4. The van der Waals surface area contributed by atoms with Crippen molar-refractivity contribution in [2.24, 2.45) is 0 Å². The summed E-state index contributed by atoms with van der Waals surface area (Å²) in [4.78, 5) is 5.73. The van der Waals surface area contributed by atoms with Crippen molar-refractivity contribution in [3.63, 3.8) is 0 Å². The van der Waals surface area contributed by atoms with Gasteiger partial charge in [-0.05, 0) is 81.7 Å². The molecule has 4 heteroatoms. The summed E-state index contributed by atoms with van der Waals surface area (Å²) < 4.78 is 7.38. The van der Waals surface area contributed by atoms with Crippen molar-refractivity contribution in [2.45, 2.75) is 0 Å². The molecule has 6 aromatic heterocycles. The van der Waals surface area contributed by atoms with E-state index in [9.17, 15) is 0 Å². The number of aromatic nitrogens is 4. The Morgan fingerprint density at radius 2 is 0.966 bits per heavy atom. The minimum atomic E-state index is 1.01. The van der Waals surface area contributed by atoms with Crippen LogP contribution >= 0.6 is 0 Å². The van der Waals surface area contributed by atoms with Crippen molar-refractivity contribution in [3.05, 3.63) is 182 Å². The van der Waals surface area contributed by atoms with Gasteiger partial charge in [-0.25, -0.2) is 4.98 Å². The Morgan fingerprint density at radius 1 is 0.339 bits per heavy atom. The summed E-state index contributed by atoms with van der Waals surface area (Å²) in [5.74, 6) is 0. The summed E-state index contributed by atoms with van der Waals surface area (Å²) in [7, 11) is 0. The highest BCUT2D eigenvalue weighted by Gasteiger charge is 2.26. The van der Waals surface area contributed by atoms with Gasteiger partial charge in [0.25, 0.3) is 0 Å². The summed E-state index contributed by atoms with van der Waals surface area (Å²) in [6.07, 6.45) is 0. The normalized spacial score (nSPS) is 12.7. The fourth-order valence-electron chi connectivity index (χ4n) is 11.1. The standard InChI is InChI=1S/C55H30N4/c1-2-15-34(16-3-1)57-45-23-10-8-19-37(45)41-29-33(25-26-47(41)57)49-35-17-6-4-13-31(35)28-43-39-21-12-22-40-51-48(58(52(39)40)53(43)49)30-44-50-36-18-7-5-14-32(36)27-42-38-20-9-11-24-46(38)59(54(42)50)55(44)56-51/h1-30H. The molecule has 0 saturated heterocycles. The zero-order valence-electron chi connectivity index (χ0n) is 31.6. The number of hydrogen-bond acceptors (Lipinski definition) is 1. The zero-order chi connectivity index (χ0) is 38.1. The summed E-state index contributed by atoms with van der Waals surface area (Å²) >= 11 is 0. The van der Waals surface area contributed by atoms with Crippen LogP contribution in [0.25, 0.3) is 137 Å². The molecule has 0 saturated carbocycles. The molecule has 0 fully saturated rings. The van der Waals surface area contributed by atoms with Crippen molar-refractivity contribution in [2.75, 3.05) is 0 Å². The van der Waals surface area contributed by atoms with Gasteiger partial charge in [-0.3, -0.25) is 4.40 Å². The molecule has 0 amide bonds. The molecule has 15 rings (SSSR count). The number of rotatable bonds is 2. The molecule has 6 heterocycles. The number of hydrogen-bond donors (Lipinski definition) is 0. The predicted octanol–water partition coefficient (Wildman–Crippen LogP) is 14.5. The summed E-state index contributed by atoms with van der Waals surface area (Å²) in [5, 5.41) is 16.2. The van der Waals surface area contributed by atoms with Gasteiger partial charge < -0.3 is 8.97 Å². The van der Waals surface area contributed by atoms with Crippen molar-refractivity contribution in [1.82, 2.24) is 18.4 Å². The van der Waals surface area contributed by atoms with Gasteiger partial charge in [0, 0.05) is 59.7 Å². The van der Waals surface area contributed by atoms with E-state index in [0.29, 0.717) is 0 Å². The molecule has 0 aliphatic carbocycles. The molecule has 4 nitrogen and oxygen atoms in total. The second-order valence-electron chi connectivity index (χ2n) is 16.3. The molecule has 0 spiro atoms. The SMILES string of the molecule is c1ccc(-n2c3ccccc3c3cc(-c4c5ccccc5cc5c6cccc7c8nc9c(cc8n(c45)c67)c4c5ccccc5cc5c6ccccc6n9c54)ccc32)cc1. The molecule has 0 aliphatic heterocycles. The molecular weight excluding hydrogens is 717 g/mol. The first-order valence-electron chi connectivity index (χ1n) is 20.4. The van der Waals surface area contributed by atoms with Gasteiger partial charge in [-0.15, -0.1) is 0 Å². The van der Waals surface area contributed by atoms with Gasteiger partial charge in [-0.1, -0.05) is 127 Å². The van der Waals surface area contributed by atoms with Crippen LogP contribution < -0.4 is 0 Å². The lowest BCUT2D eigenvalue weighted by Gasteiger charge is -2.12. The fraction of sp³-hybridized carbons (Fsp3) is 0. The van der Waals surface area contributed by atoms with Gasteiger partial charge in [0.15, 0.2) is 0 Å². The Labute approximate surface area is 335 Å². The van der Waals surface area contributed by atoms with Crippen molar-refractivity contribution >= 4 is 120 Å². The average molecular weight is 747 g/mol. The van der Waals surface area contributed by atoms with Gasteiger partial charge in [0.05, 0.1) is 44.1 Å². The van der Waals surface area contributed by atoms with Crippen LogP contribution in [0.2, 0.25) is 0 Å². The lowest BCUT2D eigenvalue weighted by Crippen LogP contribution is -1.93. The molecule has 0 radical (unpaired) electrons. The van der Waals surface area contributed by atoms with Crippen molar-refractivity contribution in [3.8, 4) is 16.8 Å². The molecule has 0 aliphatic rings. The highest BCUT2D eigenvalue weighted by molar-refractivity contribution is 6.33. The molecule has 15 aromatic rings. The van der Waals surface area contributed by atoms with E-state index in [1.165, 1.54) is 114 Å². The van der Waals surface area contributed by atoms with Crippen LogP contribution in [0, 0.1) is 0 Å². The van der Waals surface area contributed by atoms with E-state index in [0.717, 1.165) is 22.4 Å². The quantitative estimate of drug-likeness (QED) is 0.173. The first-order valence-corrected chi connectivity index (χ1v) is 20.4. The highest BCUT2D eigenvalue weighted by Crippen LogP contribution is 2.48. The zero-order valence-corrected chi connectivity index (χ0v) is 31.6. The minimum Gasteiger partial charge on any atom is -0.309 e. The summed E-state index contributed by atoms with van der Waals surface area (Å²) in [6, 6.07) is 67.2. The Hall–Kier alpha value is -7.95. The second kappa shape index (κ2) is 10.5. The molecule has 0 bridgehead atoms. The first kappa shape index (κ1) is 30.2. The van der Waals surface area contributed by atoms with Crippen LogP contribution in [0.15, 0.2) is 182 Å². The van der Waals surface area contributed by atoms with Gasteiger partial charge >= 0.3 is 0 Å². The Kier molecular flexibility index (Phi) is 5.38. The van der Waals surface area contributed by atoms with E-state index in [2.05, 4.69) is 195 Å². The number of benzene rings is 9. The summed E-state index contributed by atoms with van der Waals surface area (Å²) in [5.41, 5.74) is 14.1. The highest BCUT2D eigenvalue weighted by atomic mass is 15.0. The number of pyridine rings is 1. The Bertz CT molecular complexity index is 4300. The number of nitrogens with zero attached hydrogens (tertiary/aromatic N) is 4. The fourth-order valence-corrected chi connectivity index (χ4v) is 11.1. The average Bonchev–Trinajstić information content (AvgIpc) is 4.08. The van der Waals surface area contributed by atoms with E-state index < -0.39 is 0 Å². The maximum absolute atomic E-state index is 5.73. The molecule has 270 valence electrons. The van der Waals surface area contributed by atoms with Crippen LogP contribution in [0.4, 0.5) is 0 Å². The van der Waals surface area contributed by atoms with E-state index in [4.69, 9.17) is 4.98 Å². The third-order valence-electron chi connectivity index (χ3n) is 13.4. The van der Waals surface area contributed by atoms with Crippen LogP contribution in [0.3, 0.4) is 0 Å². The van der Waals surface area contributed by atoms with E-state index in [-0.39, 0.29) is 0 Å². The smallest absolute Gasteiger partial charge is 0.146 e. The van der Waals surface area contributed by atoms with Crippen molar-refractivity contribution in [1.29, 1.82) is 0 Å². The molecule has 9 aromatic carbocycles. The monoisotopic (exact) mass is 746 g/mol. The number of fused-ring (bicyclic) bond motifs is 18. The maximum Gasteiger partial charge on any atom is 0.146 e. The van der Waals surface area contributed by atoms with Crippen LogP contribution in [-0.4, -0.2) is 18.4 Å². The molecular formula is C55H30N4. The summed E-state index contributed by atoms with van der Waals surface area (Å²) in [6.45, 7) is 0. The molecule has 0 unspecified atom stereocenters. The van der Waals surface area contributed by atoms with E-state index in [1.807, 2.05) is 0 Å². The molecule has 0 N–H and O–H groups in total. The number of para-hydroxylation sites is 4. The minimum absolute atomic E-state index is 1.01. The van der Waals surface area contributed by atoms with Crippen LogP contribution in [-0.2, 0) is 0 Å². The second-order valence-corrected chi connectivity index (χ2v) is 16.3. The third kappa shape index (κ3) is 3.60. The van der Waals surface area contributed by atoms with Crippen molar-refractivity contribution < 1.29 is 0 Å². The van der Waals surface area contributed by atoms with E-state index in [1.54, 1.807) is 0 Å². The Balaban J connectivity index is 1.13. The lowest BCUT2D eigenvalue weighted by atomic mass is 9.93. The van der Waals surface area contributed by atoms with E-state index >= 15 is 0 Å². The molecule has 59 heavy (non-hydrogen) atoms. The van der Waals surface area contributed by atoms with Gasteiger partial charge in [0.2, 0.25) is 0 Å². The van der Waals surface area contributed by atoms with Crippen LogP contribution in [0.1, 0.15) is 0 Å². The topological polar surface area (TPSA) is 26.6 Å². The maximum atomic E-state index is 5.73. The Morgan fingerprint density at radius 3 is 1.80 bits per heavy atom. The van der Waals surface area contributed by atoms with Crippen LogP contribution in [0.5, 0.6) is 0 Å². The van der Waals surface area contributed by atoms with Gasteiger partial charge in [-0.2, -0.15) is 0 Å². The van der Waals surface area contributed by atoms with Gasteiger partial charge in [0.1, 0.15) is 5.65 Å². The lowest BCUT2D eigenvalue weighted by molar-refractivity contribution is 1.18. The predicted molar refractivity (Wildman–Crippen MR) is 248 cm³/mol. The first-order chi connectivity index (χ1) is 29.3.